The molecule has 0 atom stereocenters. The summed E-state index contributed by atoms with van der Waals surface area (Å²) < 4.78 is 4.37. The molecule has 0 aliphatic rings. The van der Waals surface area contributed by atoms with E-state index in [4.69, 9.17) is 0 Å². The number of para-hydroxylation sites is 4. The van der Waals surface area contributed by atoms with E-state index in [1.807, 2.05) is 109 Å². The summed E-state index contributed by atoms with van der Waals surface area (Å²) in [4.78, 5) is 62.1. The summed E-state index contributed by atoms with van der Waals surface area (Å²) in [6, 6.07) is 37.5. The van der Waals surface area contributed by atoms with E-state index in [0.717, 1.165) is 34.9 Å². The minimum Gasteiger partial charge on any atom is -0.354 e. The highest BCUT2D eigenvalue weighted by molar-refractivity contribution is 6.11. The Morgan fingerprint density at radius 2 is 0.750 bits per heavy atom. The first-order valence-electron chi connectivity index (χ1n) is 17.5. The fraction of sp³-hybridized carbons (Fsp3) is 0.0909. The largest absolute Gasteiger partial charge is 0.354 e. The Labute approximate surface area is 293 Å². The number of rotatable bonds is 5. The van der Waals surface area contributed by atoms with E-state index in [9.17, 15) is 19.2 Å². The van der Waals surface area contributed by atoms with Crippen molar-refractivity contribution < 1.29 is 0 Å². The molecule has 52 heavy (non-hydrogen) atoms. The lowest BCUT2D eigenvalue weighted by Gasteiger charge is -2.18. The first-order valence-corrected chi connectivity index (χ1v) is 17.5. The van der Waals surface area contributed by atoms with Gasteiger partial charge < -0.3 is 19.1 Å². The highest BCUT2D eigenvalue weighted by atomic mass is 16.1. The quantitative estimate of drug-likeness (QED) is 0.109. The van der Waals surface area contributed by atoms with Crippen LogP contribution in [0.25, 0.3) is 87.2 Å². The summed E-state index contributed by atoms with van der Waals surface area (Å²) in [5.41, 5.74) is 5.28. The summed E-state index contributed by atoms with van der Waals surface area (Å²) in [5, 5.41) is 4.36. The highest BCUT2D eigenvalue weighted by Gasteiger charge is 2.18. The van der Waals surface area contributed by atoms with Crippen molar-refractivity contribution in [2.75, 3.05) is 0 Å². The van der Waals surface area contributed by atoms with E-state index in [-0.39, 0.29) is 21.7 Å². The first kappa shape index (κ1) is 30.1. The lowest BCUT2D eigenvalue weighted by Crippen LogP contribution is -2.15. The summed E-state index contributed by atoms with van der Waals surface area (Å²) >= 11 is 0. The van der Waals surface area contributed by atoms with E-state index in [1.54, 1.807) is 12.1 Å². The van der Waals surface area contributed by atoms with E-state index in [0.29, 0.717) is 78.2 Å². The Morgan fingerprint density at radius 1 is 0.365 bits per heavy atom. The lowest BCUT2D eigenvalue weighted by molar-refractivity contribution is 0.581. The van der Waals surface area contributed by atoms with E-state index >= 15 is 0 Å². The van der Waals surface area contributed by atoms with Crippen LogP contribution in [0.5, 0.6) is 0 Å². The molecule has 0 saturated carbocycles. The van der Waals surface area contributed by atoms with Crippen LogP contribution in [0.3, 0.4) is 0 Å². The molecular weight excluding hydrogens is 649 g/mol. The highest BCUT2D eigenvalue weighted by Crippen LogP contribution is 2.28. The Morgan fingerprint density at radius 3 is 1.19 bits per heavy atom. The molecule has 0 aliphatic carbocycles. The lowest BCUT2D eigenvalue weighted by atomic mass is 10.0. The average Bonchev–Trinajstić information content (AvgIpc) is 3.18. The minimum atomic E-state index is -0.109. The molecule has 2 N–H and O–H groups in total. The van der Waals surface area contributed by atoms with Gasteiger partial charge >= 0.3 is 0 Å². The second-order valence-corrected chi connectivity index (χ2v) is 13.5. The van der Waals surface area contributed by atoms with Gasteiger partial charge in [-0.15, -0.1) is 0 Å². The SMILES string of the molecule is O=c1c2ccccc2[nH]c2c1ccc1c2c(=O)c2ccccc2n1CCCCn1c2ccccc2c(=O)c2c3[nH]c4ccccc4c(=O)c3ccc21. The Kier molecular flexibility index (Phi) is 6.57. The number of pyridine rings is 4. The Bertz CT molecular complexity index is 3180. The Hall–Kier alpha value is -6.80. The molecule has 0 bridgehead atoms. The second-order valence-electron chi connectivity index (χ2n) is 13.5. The molecule has 0 radical (unpaired) electrons. The zero-order chi connectivity index (χ0) is 35.1. The van der Waals surface area contributed by atoms with Gasteiger partial charge in [-0.25, -0.2) is 0 Å². The van der Waals surface area contributed by atoms with Gasteiger partial charge in [0.25, 0.3) is 0 Å². The molecule has 8 heteroatoms. The molecule has 250 valence electrons. The topological polar surface area (TPSA) is 110 Å². The second kappa shape index (κ2) is 11.4. The van der Waals surface area contributed by atoms with Crippen LogP contribution >= 0.6 is 0 Å². The summed E-state index contributed by atoms with van der Waals surface area (Å²) in [7, 11) is 0. The molecule has 0 fully saturated rings. The van der Waals surface area contributed by atoms with Gasteiger partial charge in [0.05, 0.1) is 43.9 Å². The van der Waals surface area contributed by atoms with Crippen LogP contribution in [0.2, 0.25) is 0 Å². The molecule has 0 unspecified atom stereocenters. The predicted octanol–water partition coefficient (Wildman–Crippen LogP) is 8.09. The molecule has 8 nitrogen and oxygen atoms in total. The number of benzene rings is 6. The Balaban J connectivity index is 1.10. The number of H-pyrrole nitrogens is 2. The standard InChI is InChI=1S/C44H30N4O4/c49-41-25-11-1-5-15-31(25)45-39-29(41)19-21-35-37(39)43(51)27-13-3-7-17-33(27)47(35)23-9-10-24-48-34-18-8-4-14-28(34)44(52)38-36(48)22-20-30-40(38)46-32-16-6-2-12-26(32)42(30)50/h1-8,11-22H,9-10,23-24H2,(H,45,49)(H,46,50). The van der Waals surface area contributed by atoms with Crippen molar-refractivity contribution in [2.45, 2.75) is 25.9 Å². The van der Waals surface area contributed by atoms with E-state index < -0.39 is 0 Å². The third-order valence-corrected chi connectivity index (χ3v) is 10.6. The molecule has 4 heterocycles. The number of nitrogens with zero attached hydrogens (tertiary/aromatic N) is 2. The van der Waals surface area contributed by atoms with Gasteiger partial charge in [-0.05, 0) is 85.6 Å². The van der Waals surface area contributed by atoms with Crippen LogP contribution < -0.4 is 21.7 Å². The number of hydrogen-bond acceptors (Lipinski definition) is 4. The van der Waals surface area contributed by atoms with Crippen molar-refractivity contribution in [3.05, 3.63) is 162 Å². The van der Waals surface area contributed by atoms with Gasteiger partial charge in [-0.2, -0.15) is 0 Å². The normalized spacial score (nSPS) is 12.1. The molecule has 0 saturated heterocycles. The average molecular weight is 679 g/mol. The maximum Gasteiger partial charge on any atom is 0.199 e. The van der Waals surface area contributed by atoms with Crippen molar-refractivity contribution in [1.29, 1.82) is 0 Å². The number of hydrogen-bond donors (Lipinski definition) is 2. The van der Waals surface area contributed by atoms with Crippen LogP contribution in [0.1, 0.15) is 12.8 Å². The fourth-order valence-electron chi connectivity index (χ4n) is 8.22. The molecule has 0 amide bonds. The van der Waals surface area contributed by atoms with E-state index in [2.05, 4.69) is 19.1 Å². The zero-order valence-electron chi connectivity index (χ0n) is 27.9. The van der Waals surface area contributed by atoms with Crippen LogP contribution in [0.4, 0.5) is 0 Å². The molecule has 4 aromatic heterocycles. The monoisotopic (exact) mass is 678 g/mol. The van der Waals surface area contributed by atoms with Gasteiger partial charge in [-0.1, -0.05) is 48.5 Å². The first-order chi connectivity index (χ1) is 25.5. The third-order valence-electron chi connectivity index (χ3n) is 10.6. The fourth-order valence-corrected chi connectivity index (χ4v) is 8.22. The van der Waals surface area contributed by atoms with Gasteiger partial charge in [0.1, 0.15) is 0 Å². The smallest absolute Gasteiger partial charge is 0.199 e. The number of aromatic amines is 2. The molecule has 0 spiro atoms. The number of unbranched alkanes of at least 4 members (excludes halogenated alkanes) is 1. The van der Waals surface area contributed by atoms with Crippen molar-refractivity contribution in [3.63, 3.8) is 0 Å². The van der Waals surface area contributed by atoms with Crippen LogP contribution in [0.15, 0.2) is 141 Å². The molecule has 10 rings (SSSR count). The number of fused-ring (bicyclic) bond motifs is 10. The van der Waals surface area contributed by atoms with Gasteiger partial charge in [0, 0.05) is 56.4 Å². The molecule has 0 aliphatic heterocycles. The van der Waals surface area contributed by atoms with Crippen LogP contribution in [-0.2, 0) is 13.1 Å². The molecular formula is C44H30N4O4. The summed E-state index contributed by atoms with van der Waals surface area (Å²) in [6.07, 6.45) is 1.54. The maximum absolute atomic E-state index is 14.1. The van der Waals surface area contributed by atoms with Crippen molar-refractivity contribution in [3.8, 4) is 0 Å². The number of aromatic nitrogens is 4. The zero-order valence-corrected chi connectivity index (χ0v) is 27.9. The van der Waals surface area contributed by atoms with Crippen molar-refractivity contribution >= 4 is 87.2 Å². The third kappa shape index (κ3) is 4.27. The predicted molar refractivity (Wildman–Crippen MR) is 212 cm³/mol. The molecule has 6 aromatic carbocycles. The van der Waals surface area contributed by atoms with Crippen molar-refractivity contribution in [2.24, 2.45) is 0 Å². The molecule has 10 aromatic rings. The summed E-state index contributed by atoms with van der Waals surface area (Å²) in [5.74, 6) is 0. The van der Waals surface area contributed by atoms with Crippen LogP contribution in [0, 0.1) is 0 Å². The minimum absolute atomic E-state index is 0.101. The number of aryl methyl sites for hydroxylation is 2. The van der Waals surface area contributed by atoms with Gasteiger partial charge in [0.15, 0.2) is 21.7 Å². The maximum atomic E-state index is 14.1. The van der Waals surface area contributed by atoms with Crippen molar-refractivity contribution in [1.82, 2.24) is 19.1 Å². The van der Waals surface area contributed by atoms with Gasteiger partial charge in [-0.3, -0.25) is 19.2 Å². The number of nitrogens with one attached hydrogen (secondary N) is 2. The van der Waals surface area contributed by atoms with E-state index in [1.165, 1.54) is 0 Å². The summed E-state index contributed by atoms with van der Waals surface area (Å²) in [6.45, 7) is 1.25. The van der Waals surface area contributed by atoms with Crippen LogP contribution in [-0.4, -0.2) is 19.1 Å². The van der Waals surface area contributed by atoms with Gasteiger partial charge in [0.2, 0.25) is 0 Å².